The summed E-state index contributed by atoms with van der Waals surface area (Å²) in [6, 6.07) is 20.3. The fourth-order valence-electron chi connectivity index (χ4n) is 6.13. The van der Waals surface area contributed by atoms with Crippen LogP contribution in [0, 0.1) is 4.91 Å². The number of carbonyl (C=O) groups excluding carboxylic acids is 2. The molecule has 0 radical (unpaired) electrons. The molecule has 3 aromatic carbocycles. The van der Waals surface area contributed by atoms with Gasteiger partial charge in [-0.15, -0.1) is 15.6 Å². The van der Waals surface area contributed by atoms with Crippen LogP contribution in [0.15, 0.2) is 82.9 Å². The molecule has 54 heavy (non-hydrogen) atoms. The lowest BCUT2D eigenvalue weighted by atomic mass is 9.95. The molecule has 0 saturated heterocycles. The lowest BCUT2D eigenvalue weighted by Gasteiger charge is -2.28. The number of nitroso groups, excluding NO2 is 1. The third-order valence-electron chi connectivity index (χ3n) is 9.17. The lowest BCUT2D eigenvalue weighted by Crippen LogP contribution is -2.49. The molecule has 1 heterocycles. The maximum Gasteiger partial charge on any atom is 0.335 e. The monoisotopic (exact) mass is 778 g/mol. The number of aryl methyl sites for hydroxylation is 3. The fourth-order valence-corrected chi connectivity index (χ4v) is 8.48. The molecule has 2 amide bonds. The molecule has 0 saturated carbocycles. The molecule has 286 valence electrons. The number of anilines is 2. The first kappa shape index (κ1) is 40.7. The van der Waals surface area contributed by atoms with Crippen molar-refractivity contribution < 1.29 is 44.5 Å². The highest BCUT2D eigenvalue weighted by Gasteiger charge is 2.34. The molecule has 0 bridgehead atoms. The van der Waals surface area contributed by atoms with Crippen molar-refractivity contribution in [1.82, 2.24) is 4.31 Å². The number of hydrogen-bond donors (Lipinski definition) is 7. The van der Waals surface area contributed by atoms with Gasteiger partial charge in [0.15, 0.2) is 4.90 Å². The Hall–Kier alpha value is -4.52. The van der Waals surface area contributed by atoms with Crippen LogP contribution in [0.4, 0.5) is 10.7 Å². The Morgan fingerprint density at radius 1 is 0.852 bits per heavy atom. The number of carbonyl (C=O) groups is 3. The molecular weight excluding hydrogens is 737 g/mol. The summed E-state index contributed by atoms with van der Waals surface area (Å²) >= 11 is -0.563. The van der Waals surface area contributed by atoms with Crippen LogP contribution in [0.25, 0.3) is 0 Å². The van der Waals surface area contributed by atoms with E-state index < -0.39 is 60.7 Å². The molecular formula is C38H42N4O10S2. The van der Waals surface area contributed by atoms with Crippen molar-refractivity contribution >= 4 is 51.2 Å². The topological polar surface area (TPSA) is 232 Å². The van der Waals surface area contributed by atoms with Gasteiger partial charge in [-0.05, 0) is 91.6 Å². The fraction of sp³-hybridized carbons (Fsp3) is 0.342. The number of carboxylic acid groups (broad SMARTS) is 1. The minimum atomic E-state index is -1.92. The maximum absolute atomic E-state index is 13.8. The third kappa shape index (κ3) is 10.2. The van der Waals surface area contributed by atoms with Crippen molar-refractivity contribution in [2.45, 2.75) is 67.8 Å². The Bertz CT molecular complexity index is 1940. The van der Waals surface area contributed by atoms with Gasteiger partial charge in [0.2, 0.25) is 0 Å². The summed E-state index contributed by atoms with van der Waals surface area (Å²) in [5, 5.41) is 58.2. The molecule has 0 spiro atoms. The number of thiophene rings is 1. The van der Waals surface area contributed by atoms with Crippen LogP contribution in [0.3, 0.4) is 0 Å². The first-order valence-corrected chi connectivity index (χ1v) is 19.2. The van der Waals surface area contributed by atoms with E-state index in [1.54, 1.807) is 30.3 Å². The van der Waals surface area contributed by atoms with Crippen molar-refractivity contribution in [3.05, 3.63) is 116 Å². The van der Waals surface area contributed by atoms with Gasteiger partial charge in [0.25, 0.3) is 11.8 Å². The highest BCUT2D eigenvalue weighted by atomic mass is 32.2. The predicted molar refractivity (Wildman–Crippen MR) is 204 cm³/mol. The number of nitrogens with zero attached hydrogens (tertiary/aromatic N) is 2. The summed E-state index contributed by atoms with van der Waals surface area (Å²) in [7, 11) is 1.40. The number of likely N-dealkylation sites (N-methyl/N-ethyl adjacent to an activating group) is 1. The van der Waals surface area contributed by atoms with Crippen LogP contribution in [0.1, 0.15) is 65.5 Å². The number of benzene rings is 3. The third-order valence-corrected chi connectivity index (χ3v) is 11.7. The van der Waals surface area contributed by atoms with Crippen molar-refractivity contribution in [1.29, 1.82) is 0 Å². The summed E-state index contributed by atoms with van der Waals surface area (Å²) in [6.45, 7) is -1.08. The average Bonchev–Trinajstić information content (AvgIpc) is 3.54. The Morgan fingerprint density at radius 3 is 2.13 bits per heavy atom. The van der Waals surface area contributed by atoms with Gasteiger partial charge in [0.05, 0.1) is 35.1 Å². The van der Waals surface area contributed by atoms with E-state index in [9.17, 15) is 44.3 Å². The van der Waals surface area contributed by atoms with Crippen LogP contribution >= 0.6 is 11.3 Å². The predicted octanol–water partition coefficient (Wildman–Crippen LogP) is 3.78. The van der Waals surface area contributed by atoms with Crippen LogP contribution in [0.5, 0.6) is 0 Å². The zero-order valence-electron chi connectivity index (χ0n) is 29.4. The van der Waals surface area contributed by atoms with Gasteiger partial charge >= 0.3 is 5.97 Å². The zero-order chi connectivity index (χ0) is 38.9. The molecule has 1 aliphatic carbocycles. The number of aliphatic hydroxyl groups excluding tert-OH is 4. The first-order chi connectivity index (χ1) is 25.9. The van der Waals surface area contributed by atoms with E-state index in [-0.39, 0.29) is 21.9 Å². The zero-order valence-corrected chi connectivity index (χ0v) is 31.0. The van der Waals surface area contributed by atoms with E-state index >= 15 is 0 Å². The number of fused-ring (bicyclic) bond motifs is 1. The summed E-state index contributed by atoms with van der Waals surface area (Å²) in [5.41, 5.74) is 4.35. The Labute approximate surface area is 318 Å². The van der Waals surface area contributed by atoms with Crippen molar-refractivity contribution in [3.63, 3.8) is 0 Å². The standard InChI is InChI=1S/C38H42N4O10S2/c1-42(21-30(44)34(46)33(45)29(43)20-39-51)54(52)27-6-4-5-25(19-27)35(47)41-37-32(28-7-2-3-8-31(28)53-37)36(48)40-26-17-13-23(14-18-26)10-9-22-11-15-24(16-12-22)38(49)50/h4-6,11-19,29-30,33-34,43-46H,2-3,7-10,20-21H2,1H3,(H,40,48)(H,41,47)(H,49,50)/t29-,30+,33-,34-,54?/m1/s1. The summed E-state index contributed by atoms with van der Waals surface area (Å²) in [5.74, 6) is -1.85. The van der Waals surface area contributed by atoms with Crippen LogP contribution in [-0.4, -0.2) is 96.7 Å². The first-order valence-electron chi connectivity index (χ1n) is 17.3. The number of rotatable bonds is 17. The summed E-state index contributed by atoms with van der Waals surface area (Å²) in [6.07, 6.45) is -2.26. The molecule has 0 aliphatic heterocycles. The second-order valence-corrected chi connectivity index (χ2v) is 15.7. The van der Waals surface area contributed by atoms with Crippen LogP contribution in [-0.2, 0) is 37.0 Å². The molecule has 1 aliphatic rings. The van der Waals surface area contributed by atoms with E-state index in [1.165, 1.54) is 40.9 Å². The van der Waals surface area contributed by atoms with E-state index in [0.717, 1.165) is 53.7 Å². The number of nitrogens with one attached hydrogen (secondary N) is 2. The van der Waals surface area contributed by atoms with Gasteiger partial charge < -0.3 is 40.7 Å². The van der Waals surface area contributed by atoms with Crippen molar-refractivity contribution in [3.8, 4) is 0 Å². The quantitative estimate of drug-likeness (QED) is 0.0602. The molecule has 5 atom stereocenters. The number of aliphatic hydroxyl groups is 4. The lowest BCUT2D eigenvalue weighted by molar-refractivity contribution is -0.103. The van der Waals surface area contributed by atoms with Gasteiger partial charge in [-0.25, -0.2) is 4.79 Å². The number of hydrogen-bond acceptors (Lipinski definition) is 12. The van der Waals surface area contributed by atoms with Gasteiger partial charge in [-0.2, -0.15) is 4.91 Å². The van der Waals surface area contributed by atoms with Crippen LogP contribution in [0.2, 0.25) is 0 Å². The van der Waals surface area contributed by atoms with E-state index in [4.69, 9.17) is 5.11 Å². The maximum atomic E-state index is 13.8. The molecule has 5 rings (SSSR count). The number of amides is 2. The molecule has 14 nitrogen and oxygen atoms in total. The molecule has 16 heteroatoms. The Balaban J connectivity index is 1.24. The highest BCUT2D eigenvalue weighted by Crippen LogP contribution is 2.39. The molecule has 0 fully saturated rings. The summed E-state index contributed by atoms with van der Waals surface area (Å²) in [4.78, 5) is 50.1. The molecule has 1 unspecified atom stereocenters. The average molecular weight is 779 g/mol. The molecule has 4 aromatic rings. The SMILES string of the molecule is CN(C[C@H](O)[C@@H](O)[C@H](O)[C@H](O)CN=O)[S+]([O-])c1cccc(C(=O)Nc2sc3c(c2C(=O)Nc2ccc(CCc4ccc(C(=O)O)cc4)cc2)CCCC3)c1. The summed E-state index contributed by atoms with van der Waals surface area (Å²) < 4.78 is 14.5. The van der Waals surface area contributed by atoms with Crippen LogP contribution < -0.4 is 10.6 Å². The Kier molecular flexibility index (Phi) is 14.1. The normalized spacial score (nSPS) is 15.4. The van der Waals surface area contributed by atoms with Gasteiger partial charge in [0, 0.05) is 29.2 Å². The second-order valence-electron chi connectivity index (χ2n) is 13.0. The minimum absolute atomic E-state index is 0.167. The van der Waals surface area contributed by atoms with E-state index in [2.05, 4.69) is 15.8 Å². The second kappa shape index (κ2) is 18.7. The van der Waals surface area contributed by atoms with Gasteiger partial charge in [-0.3, -0.25) is 9.59 Å². The van der Waals surface area contributed by atoms with Gasteiger partial charge in [0.1, 0.15) is 29.9 Å². The molecule has 7 N–H and O–H groups in total. The van der Waals surface area contributed by atoms with E-state index in [0.29, 0.717) is 22.7 Å². The minimum Gasteiger partial charge on any atom is -0.593 e. The molecule has 1 aromatic heterocycles. The van der Waals surface area contributed by atoms with Crippen molar-refractivity contribution in [2.75, 3.05) is 30.8 Å². The van der Waals surface area contributed by atoms with Crippen molar-refractivity contribution in [2.24, 2.45) is 5.18 Å². The Morgan fingerprint density at radius 2 is 1.48 bits per heavy atom. The largest absolute Gasteiger partial charge is 0.593 e. The smallest absolute Gasteiger partial charge is 0.335 e. The van der Waals surface area contributed by atoms with E-state index in [1.807, 2.05) is 24.3 Å². The number of carboxylic acids is 1. The highest BCUT2D eigenvalue weighted by molar-refractivity contribution is 7.89. The van der Waals surface area contributed by atoms with Gasteiger partial charge in [-0.1, -0.05) is 35.5 Å². The number of aromatic carboxylic acids is 1.